The number of hydrogen-bond acceptors (Lipinski definition) is 6. The molecular weight excluding hydrogens is 438 g/mol. The number of rotatable bonds is 4. The van der Waals surface area contributed by atoms with Crippen molar-refractivity contribution in [3.05, 3.63) is 60.2 Å². The topological polar surface area (TPSA) is 87.1 Å². The Kier molecular flexibility index (Phi) is 4.65. The summed E-state index contributed by atoms with van der Waals surface area (Å²) in [6.45, 7) is 7.26. The molecule has 2 amide bonds. The van der Waals surface area contributed by atoms with E-state index >= 15 is 0 Å². The summed E-state index contributed by atoms with van der Waals surface area (Å²) < 4.78 is 0. The van der Waals surface area contributed by atoms with E-state index < -0.39 is 33.7 Å². The van der Waals surface area contributed by atoms with E-state index in [9.17, 15) is 19.2 Å². The smallest absolute Gasteiger partial charge is 0.294 e. The summed E-state index contributed by atoms with van der Waals surface area (Å²) in [6.07, 6.45) is 0. The number of aliphatic imine (C=N–C) groups is 1. The average molecular weight is 462 g/mol. The second-order valence-corrected chi connectivity index (χ2v) is 10.2. The Hall–Kier alpha value is -3.26. The van der Waals surface area contributed by atoms with Crippen molar-refractivity contribution in [2.75, 3.05) is 4.90 Å². The number of carbonyl (C=O) groups excluding carboxylic acids is 4. The second kappa shape index (κ2) is 7.12. The molecule has 2 saturated heterocycles. The van der Waals surface area contributed by atoms with Crippen molar-refractivity contribution in [3.8, 4) is 0 Å². The molecule has 8 heteroatoms. The lowest BCUT2D eigenvalue weighted by Crippen LogP contribution is -2.57. The fraction of sp³-hybridized carbons (Fsp3) is 0.320. The van der Waals surface area contributed by atoms with Gasteiger partial charge < -0.3 is 0 Å². The third kappa shape index (κ3) is 2.44. The van der Waals surface area contributed by atoms with Crippen LogP contribution in [0.5, 0.6) is 0 Å². The van der Waals surface area contributed by atoms with Gasteiger partial charge in [0.05, 0.1) is 5.69 Å². The zero-order chi connectivity index (χ0) is 23.7. The largest absolute Gasteiger partial charge is 0.297 e. The summed E-state index contributed by atoms with van der Waals surface area (Å²) in [5.41, 5.74) is -1.36. The van der Waals surface area contributed by atoms with E-state index in [4.69, 9.17) is 0 Å². The molecule has 0 saturated carbocycles. The van der Waals surface area contributed by atoms with E-state index in [1.54, 1.807) is 54.6 Å². The van der Waals surface area contributed by atoms with Crippen LogP contribution in [0.2, 0.25) is 0 Å². The highest BCUT2D eigenvalue weighted by Gasteiger charge is 2.86. The summed E-state index contributed by atoms with van der Waals surface area (Å²) in [5, 5.41) is 0. The van der Waals surface area contributed by atoms with Crippen LogP contribution in [-0.4, -0.2) is 51.1 Å². The highest BCUT2D eigenvalue weighted by atomic mass is 32.2. The molecule has 2 fully saturated rings. The van der Waals surface area contributed by atoms with Gasteiger partial charge in [0.2, 0.25) is 16.1 Å². The molecule has 2 unspecified atom stereocenters. The first-order valence-electron chi connectivity index (χ1n) is 10.9. The molecule has 3 aliphatic rings. The van der Waals surface area contributed by atoms with E-state index in [-0.39, 0.29) is 23.5 Å². The molecule has 33 heavy (non-hydrogen) atoms. The van der Waals surface area contributed by atoms with Crippen molar-refractivity contribution in [2.45, 2.75) is 49.5 Å². The number of ketones is 2. The number of nitrogens with zero attached hydrogens (tertiary/aromatic N) is 3. The minimum atomic E-state index is -2.08. The first-order valence-corrected chi connectivity index (χ1v) is 11.7. The van der Waals surface area contributed by atoms with Gasteiger partial charge in [0.25, 0.3) is 11.8 Å². The maximum Gasteiger partial charge on any atom is 0.297 e. The molecule has 2 aromatic carbocycles. The minimum absolute atomic E-state index is 0.0625. The Balaban J connectivity index is 1.91. The first kappa shape index (κ1) is 21.6. The van der Waals surface area contributed by atoms with Crippen molar-refractivity contribution >= 4 is 46.7 Å². The summed E-state index contributed by atoms with van der Waals surface area (Å²) in [5.74, 6) is -2.76. The number of benzene rings is 2. The van der Waals surface area contributed by atoms with Crippen molar-refractivity contribution in [1.82, 2.24) is 4.90 Å². The standard InChI is InChI=1S/C25H23N3O4S/c1-14(2)26-22-24(19(29)16-10-6-5-7-11-16)20(30)21(31)28-17-12-8-9-13-18(17)33-25(24,28)23(32)27(22)15(3)4/h5-15H,1-4H3. The normalized spacial score (nSPS) is 27.1. The maximum absolute atomic E-state index is 14.3. The maximum atomic E-state index is 14.3. The van der Waals surface area contributed by atoms with E-state index in [0.29, 0.717) is 10.6 Å². The molecule has 0 aromatic heterocycles. The summed E-state index contributed by atoms with van der Waals surface area (Å²) >= 11 is 1.11. The zero-order valence-electron chi connectivity index (χ0n) is 18.7. The van der Waals surface area contributed by atoms with Crippen molar-refractivity contribution < 1.29 is 19.2 Å². The van der Waals surface area contributed by atoms with Crippen molar-refractivity contribution in [2.24, 2.45) is 10.4 Å². The summed E-state index contributed by atoms with van der Waals surface area (Å²) in [7, 11) is 0. The van der Waals surface area contributed by atoms with Gasteiger partial charge in [0, 0.05) is 22.5 Å². The SMILES string of the molecule is CC(C)N=C1N(C(C)C)C(=O)C23Sc4ccccc4N2C(=O)C(=O)C13C(=O)c1ccccc1. The van der Waals surface area contributed by atoms with Gasteiger partial charge in [-0.3, -0.25) is 34.0 Å². The lowest BCUT2D eigenvalue weighted by molar-refractivity contribution is -0.136. The van der Waals surface area contributed by atoms with Gasteiger partial charge in [-0.05, 0) is 39.8 Å². The molecule has 3 aliphatic heterocycles. The monoisotopic (exact) mass is 461 g/mol. The first-order chi connectivity index (χ1) is 15.7. The van der Waals surface area contributed by atoms with Crippen LogP contribution >= 0.6 is 11.8 Å². The van der Waals surface area contributed by atoms with Gasteiger partial charge in [0.15, 0.2) is 5.78 Å². The molecule has 2 atom stereocenters. The Morgan fingerprint density at radius 1 is 0.939 bits per heavy atom. The molecule has 0 bridgehead atoms. The van der Waals surface area contributed by atoms with Gasteiger partial charge >= 0.3 is 0 Å². The van der Waals surface area contributed by atoms with E-state index in [0.717, 1.165) is 11.8 Å². The third-order valence-corrected chi connectivity index (χ3v) is 7.79. The molecule has 5 rings (SSSR count). The quantitative estimate of drug-likeness (QED) is 0.396. The molecule has 168 valence electrons. The number of carbonyl (C=O) groups is 4. The molecule has 0 N–H and O–H groups in total. The molecule has 3 heterocycles. The van der Waals surface area contributed by atoms with Crippen LogP contribution in [0.4, 0.5) is 5.69 Å². The number of fused-ring (bicyclic) bond motifs is 2. The van der Waals surface area contributed by atoms with Crippen molar-refractivity contribution in [1.29, 1.82) is 0 Å². The number of amides is 2. The number of Topliss-reactive ketones (excluding diaryl/α,β-unsaturated/α-hetero) is 2. The number of anilines is 1. The van der Waals surface area contributed by atoms with Gasteiger partial charge in [-0.1, -0.05) is 54.2 Å². The van der Waals surface area contributed by atoms with Crippen LogP contribution in [0.25, 0.3) is 0 Å². The molecule has 7 nitrogen and oxygen atoms in total. The van der Waals surface area contributed by atoms with Crippen molar-refractivity contribution in [3.63, 3.8) is 0 Å². The number of likely N-dealkylation sites (tertiary alicyclic amines) is 1. The molecule has 2 aromatic rings. The molecule has 0 radical (unpaired) electrons. The van der Waals surface area contributed by atoms with Gasteiger partial charge in [-0.2, -0.15) is 0 Å². The van der Waals surface area contributed by atoms with Gasteiger partial charge in [-0.25, -0.2) is 0 Å². The number of hydrogen-bond donors (Lipinski definition) is 0. The number of thioether (sulfide) groups is 1. The van der Waals surface area contributed by atoms with Crippen LogP contribution in [0, 0.1) is 5.41 Å². The predicted octanol–water partition coefficient (Wildman–Crippen LogP) is 3.33. The molecule has 0 aliphatic carbocycles. The van der Waals surface area contributed by atoms with Crippen LogP contribution in [-0.2, 0) is 14.4 Å². The highest BCUT2D eigenvalue weighted by molar-refractivity contribution is 8.02. The van der Waals surface area contributed by atoms with Crippen LogP contribution < -0.4 is 4.90 Å². The van der Waals surface area contributed by atoms with Gasteiger partial charge in [-0.15, -0.1) is 0 Å². The van der Waals surface area contributed by atoms with Crippen LogP contribution in [0.1, 0.15) is 38.1 Å². The Bertz CT molecular complexity index is 1260. The van der Waals surface area contributed by atoms with E-state index in [2.05, 4.69) is 4.99 Å². The average Bonchev–Trinajstić information content (AvgIpc) is 3.30. The highest BCUT2D eigenvalue weighted by Crippen LogP contribution is 2.66. The van der Waals surface area contributed by atoms with Crippen LogP contribution in [0.3, 0.4) is 0 Å². The Labute approximate surface area is 195 Å². The van der Waals surface area contributed by atoms with Crippen LogP contribution in [0.15, 0.2) is 64.5 Å². The van der Waals surface area contributed by atoms with E-state index in [1.165, 1.54) is 9.80 Å². The fourth-order valence-electron chi connectivity index (χ4n) is 5.06. The fourth-order valence-corrected chi connectivity index (χ4v) is 6.67. The molecule has 1 spiro atoms. The van der Waals surface area contributed by atoms with E-state index in [1.807, 2.05) is 27.7 Å². The zero-order valence-corrected chi connectivity index (χ0v) is 19.6. The minimum Gasteiger partial charge on any atom is -0.294 e. The van der Waals surface area contributed by atoms with Gasteiger partial charge in [0.1, 0.15) is 5.84 Å². The molecular formula is C25H23N3O4S. The lowest BCUT2D eigenvalue weighted by Gasteiger charge is -2.33. The predicted molar refractivity (Wildman–Crippen MR) is 125 cm³/mol. The Morgan fingerprint density at radius 2 is 1.58 bits per heavy atom. The number of para-hydroxylation sites is 1. The lowest BCUT2D eigenvalue weighted by atomic mass is 9.73. The summed E-state index contributed by atoms with van der Waals surface area (Å²) in [6, 6.07) is 14.7. The Morgan fingerprint density at radius 3 is 2.21 bits per heavy atom. The second-order valence-electron chi connectivity index (χ2n) is 8.94. The third-order valence-electron chi connectivity index (χ3n) is 6.27. The number of amidine groups is 1. The summed E-state index contributed by atoms with van der Waals surface area (Å²) in [4.78, 5) is 62.3.